The van der Waals surface area contributed by atoms with Crippen LogP contribution in [0.2, 0.25) is 0 Å². The van der Waals surface area contributed by atoms with E-state index in [2.05, 4.69) is 29.8 Å². The summed E-state index contributed by atoms with van der Waals surface area (Å²) in [4.78, 5) is 29.0. The lowest BCUT2D eigenvalue weighted by atomic mass is 10.0. The maximum Gasteiger partial charge on any atom is 0.255 e. The molecule has 136 valence electrons. The predicted octanol–water partition coefficient (Wildman–Crippen LogP) is 4.17. The van der Waals surface area contributed by atoms with Gasteiger partial charge in [0.25, 0.3) is 11.8 Å². The lowest BCUT2D eigenvalue weighted by Crippen LogP contribution is -2.50. The van der Waals surface area contributed by atoms with Crippen molar-refractivity contribution >= 4 is 27.7 Å². The van der Waals surface area contributed by atoms with Gasteiger partial charge in [0.2, 0.25) is 0 Å². The standard InChI is InChI=1S/C21H23BrN2O2/c1-15(2)16-7-9-17(10-8-16)20(25)23-11-13-24(14-12-23)21(26)18-5-3-4-6-19(18)22/h3-10,15H,11-14H2,1-2H3. The Labute approximate surface area is 162 Å². The quantitative estimate of drug-likeness (QED) is 0.755. The van der Waals surface area contributed by atoms with Crippen molar-refractivity contribution in [2.75, 3.05) is 26.2 Å². The highest BCUT2D eigenvalue weighted by atomic mass is 79.9. The van der Waals surface area contributed by atoms with E-state index in [-0.39, 0.29) is 11.8 Å². The van der Waals surface area contributed by atoms with Crippen LogP contribution in [0, 0.1) is 0 Å². The van der Waals surface area contributed by atoms with Gasteiger partial charge in [-0.1, -0.05) is 38.1 Å². The molecule has 2 aromatic rings. The summed E-state index contributed by atoms with van der Waals surface area (Å²) >= 11 is 3.43. The molecule has 0 unspecified atom stereocenters. The van der Waals surface area contributed by atoms with Crippen LogP contribution in [-0.4, -0.2) is 47.8 Å². The summed E-state index contributed by atoms with van der Waals surface area (Å²) in [6.45, 7) is 6.49. The molecule has 3 rings (SSSR count). The molecule has 1 heterocycles. The van der Waals surface area contributed by atoms with Crippen molar-refractivity contribution in [3.63, 3.8) is 0 Å². The van der Waals surface area contributed by atoms with Gasteiger partial charge in [-0.05, 0) is 51.7 Å². The molecule has 0 atom stereocenters. The molecule has 1 aliphatic heterocycles. The Morgan fingerprint density at radius 2 is 1.38 bits per heavy atom. The first-order valence-electron chi connectivity index (χ1n) is 8.90. The Morgan fingerprint density at radius 3 is 1.92 bits per heavy atom. The Kier molecular flexibility index (Phi) is 5.77. The molecule has 2 amide bonds. The molecule has 1 fully saturated rings. The first-order chi connectivity index (χ1) is 12.5. The van der Waals surface area contributed by atoms with E-state index < -0.39 is 0 Å². The zero-order chi connectivity index (χ0) is 18.7. The molecule has 0 N–H and O–H groups in total. The minimum absolute atomic E-state index is 0.00543. The van der Waals surface area contributed by atoms with Crippen LogP contribution >= 0.6 is 15.9 Å². The van der Waals surface area contributed by atoms with E-state index in [4.69, 9.17) is 0 Å². The van der Waals surface area contributed by atoms with E-state index in [1.54, 1.807) is 0 Å². The molecule has 1 saturated heterocycles. The normalized spacial score (nSPS) is 14.6. The van der Waals surface area contributed by atoms with Gasteiger partial charge in [0.15, 0.2) is 0 Å². The fourth-order valence-electron chi connectivity index (χ4n) is 3.11. The lowest BCUT2D eigenvalue weighted by molar-refractivity contribution is 0.0535. The SMILES string of the molecule is CC(C)c1ccc(C(=O)N2CCN(C(=O)c3ccccc3Br)CC2)cc1. The number of piperazine rings is 1. The second kappa shape index (κ2) is 8.04. The molecule has 0 aromatic heterocycles. The van der Waals surface area contributed by atoms with Crippen molar-refractivity contribution in [1.82, 2.24) is 9.80 Å². The molecule has 0 bridgehead atoms. The highest BCUT2D eigenvalue weighted by Crippen LogP contribution is 2.20. The fourth-order valence-corrected chi connectivity index (χ4v) is 3.57. The number of rotatable bonds is 3. The molecule has 1 aliphatic rings. The zero-order valence-electron chi connectivity index (χ0n) is 15.1. The maximum atomic E-state index is 12.7. The second-order valence-electron chi connectivity index (χ2n) is 6.84. The van der Waals surface area contributed by atoms with Gasteiger partial charge in [0.05, 0.1) is 5.56 Å². The van der Waals surface area contributed by atoms with Crippen LogP contribution in [0.15, 0.2) is 53.0 Å². The molecule has 0 saturated carbocycles. The minimum Gasteiger partial charge on any atom is -0.335 e. The number of carbonyl (C=O) groups excluding carboxylic acids is 2. The van der Waals surface area contributed by atoms with Crippen LogP contribution in [0.5, 0.6) is 0 Å². The van der Waals surface area contributed by atoms with Crippen LogP contribution in [0.25, 0.3) is 0 Å². The first kappa shape index (κ1) is 18.6. The van der Waals surface area contributed by atoms with E-state index >= 15 is 0 Å². The van der Waals surface area contributed by atoms with E-state index in [1.165, 1.54) is 5.56 Å². The van der Waals surface area contributed by atoms with Gasteiger partial charge in [-0.3, -0.25) is 9.59 Å². The summed E-state index contributed by atoms with van der Waals surface area (Å²) in [5.74, 6) is 0.491. The third-order valence-electron chi connectivity index (χ3n) is 4.78. The average Bonchev–Trinajstić information content (AvgIpc) is 2.67. The molecule has 2 aromatic carbocycles. The van der Waals surface area contributed by atoms with Gasteiger partial charge in [0.1, 0.15) is 0 Å². The van der Waals surface area contributed by atoms with Crippen molar-refractivity contribution in [1.29, 1.82) is 0 Å². The second-order valence-corrected chi connectivity index (χ2v) is 7.70. The number of halogens is 1. The number of nitrogens with zero attached hydrogens (tertiary/aromatic N) is 2. The number of amides is 2. The molecule has 0 radical (unpaired) electrons. The number of hydrogen-bond acceptors (Lipinski definition) is 2. The Hall–Kier alpha value is -2.14. The van der Waals surface area contributed by atoms with Crippen molar-refractivity contribution in [3.8, 4) is 0 Å². The molecular formula is C21H23BrN2O2. The molecule has 4 nitrogen and oxygen atoms in total. The molecular weight excluding hydrogens is 392 g/mol. The van der Waals surface area contributed by atoms with Crippen LogP contribution < -0.4 is 0 Å². The highest BCUT2D eigenvalue weighted by Gasteiger charge is 2.26. The van der Waals surface area contributed by atoms with E-state index in [0.29, 0.717) is 43.2 Å². The van der Waals surface area contributed by atoms with Crippen LogP contribution in [0.4, 0.5) is 0 Å². The van der Waals surface area contributed by atoms with Crippen LogP contribution in [-0.2, 0) is 0 Å². The fraction of sp³-hybridized carbons (Fsp3) is 0.333. The number of benzene rings is 2. The lowest BCUT2D eigenvalue weighted by Gasteiger charge is -2.35. The Bertz CT molecular complexity index is 794. The van der Waals surface area contributed by atoms with Gasteiger partial charge >= 0.3 is 0 Å². The van der Waals surface area contributed by atoms with E-state index in [0.717, 1.165) is 4.47 Å². The highest BCUT2D eigenvalue weighted by molar-refractivity contribution is 9.10. The maximum absolute atomic E-state index is 12.7. The summed E-state index contributed by atoms with van der Waals surface area (Å²) in [7, 11) is 0. The summed E-state index contributed by atoms with van der Waals surface area (Å²) in [6.07, 6.45) is 0. The largest absolute Gasteiger partial charge is 0.335 e. The minimum atomic E-state index is 0.00543. The number of carbonyl (C=O) groups is 2. The zero-order valence-corrected chi connectivity index (χ0v) is 16.7. The van der Waals surface area contributed by atoms with Crippen molar-refractivity contribution in [3.05, 3.63) is 69.7 Å². The Balaban J connectivity index is 1.62. The summed E-state index contributed by atoms with van der Waals surface area (Å²) in [6, 6.07) is 15.3. The third kappa shape index (κ3) is 3.98. The van der Waals surface area contributed by atoms with Gasteiger partial charge in [-0.15, -0.1) is 0 Å². The van der Waals surface area contributed by atoms with Gasteiger partial charge in [0, 0.05) is 36.2 Å². The van der Waals surface area contributed by atoms with Crippen molar-refractivity contribution in [2.24, 2.45) is 0 Å². The Morgan fingerprint density at radius 1 is 0.846 bits per heavy atom. The van der Waals surface area contributed by atoms with E-state index in [9.17, 15) is 9.59 Å². The van der Waals surface area contributed by atoms with Gasteiger partial charge in [-0.2, -0.15) is 0 Å². The van der Waals surface area contributed by atoms with Crippen molar-refractivity contribution < 1.29 is 9.59 Å². The summed E-state index contributed by atoms with van der Waals surface area (Å²) in [5.41, 5.74) is 2.60. The summed E-state index contributed by atoms with van der Waals surface area (Å²) < 4.78 is 0.800. The summed E-state index contributed by atoms with van der Waals surface area (Å²) in [5, 5.41) is 0. The molecule has 5 heteroatoms. The molecule has 26 heavy (non-hydrogen) atoms. The van der Waals surface area contributed by atoms with Crippen LogP contribution in [0.1, 0.15) is 46.0 Å². The smallest absolute Gasteiger partial charge is 0.255 e. The molecule has 0 spiro atoms. The van der Waals surface area contributed by atoms with E-state index in [1.807, 2.05) is 58.3 Å². The van der Waals surface area contributed by atoms with Gasteiger partial charge < -0.3 is 9.80 Å². The third-order valence-corrected chi connectivity index (χ3v) is 5.47. The number of hydrogen-bond donors (Lipinski definition) is 0. The first-order valence-corrected chi connectivity index (χ1v) is 9.69. The van der Waals surface area contributed by atoms with Gasteiger partial charge in [-0.25, -0.2) is 0 Å². The molecule has 0 aliphatic carbocycles. The monoisotopic (exact) mass is 414 g/mol. The topological polar surface area (TPSA) is 40.6 Å². The van der Waals surface area contributed by atoms with Crippen LogP contribution in [0.3, 0.4) is 0 Å². The average molecular weight is 415 g/mol. The van der Waals surface area contributed by atoms with Crippen molar-refractivity contribution in [2.45, 2.75) is 19.8 Å². The predicted molar refractivity (Wildman–Crippen MR) is 106 cm³/mol.